The second-order valence-electron chi connectivity index (χ2n) is 6.58. The molecule has 1 aromatic heterocycles. The van der Waals surface area contributed by atoms with Gasteiger partial charge in [-0.2, -0.15) is 13.2 Å². The Labute approximate surface area is 185 Å². The number of hydrogen-bond acceptors (Lipinski definition) is 5. The fourth-order valence-electron chi connectivity index (χ4n) is 2.62. The first-order valence-corrected chi connectivity index (χ1v) is 9.51. The SMILES string of the molecule is CC(=O)Nc1cc(Oc2ccc(NC(=O)Cc3ccc(C(F)(F)F)cc3Cl)cc2)ncn1. The molecule has 0 unspecified atom stereocenters. The minimum Gasteiger partial charge on any atom is -0.439 e. The van der Waals surface area contributed by atoms with Gasteiger partial charge in [0.05, 0.1) is 12.0 Å². The van der Waals surface area contributed by atoms with Gasteiger partial charge in [0.25, 0.3) is 0 Å². The second-order valence-corrected chi connectivity index (χ2v) is 6.99. The third-order valence-corrected chi connectivity index (χ3v) is 4.39. The van der Waals surface area contributed by atoms with E-state index in [0.29, 0.717) is 11.4 Å². The number of carbonyl (C=O) groups is 2. The number of rotatable bonds is 6. The molecule has 0 fully saturated rings. The van der Waals surface area contributed by atoms with E-state index in [-0.39, 0.29) is 34.6 Å². The minimum atomic E-state index is -4.51. The number of amides is 2. The van der Waals surface area contributed by atoms with Crippen molar-refractivity contribution in [2.75, 3.05) is 10.6 Å². The Kier molecular flexibility index (Phi) is 6.94. The quantitative estimate of drug-likeness (QED) is 0.530. The number of anilines is 2. The summed E-state index contributed by atoms with van der Waals surface area (Å²) in [7, 11) is 0. The summed E-state index contributed by atoms with van der Waals surface area (Å²) >= 11 is 5.89. The molecule has 0 atom stereocenters. The first kappa shape index (κ1) is 23.0. The Morgan fingerprint density at radius 3 is 2.38 bits per heavy atom. The molecule has 0 spiro atoms. The summed E-state index contributed by atoms with van der Waals surface area (Å²) in [5, 5.41) is 5.01. The molecule has 0 saturated heterocycles. The Morgan fingerprint density at radius 2 is 1.75 bits per heavy atom. The lowest BCUT2D eigenvalue weighted by atomic mass is 10.1. The summed E-state index contributed by atoms with van der Waals surface area (Å²) in [4.78, 5) is 31.2. The van der Waals surface area contributed by atoms with Crippen LogP contribution < -0.4 is 15.4 Å². The van der Waals surface area contributed by atoms with Crippen molar-refractivity contribution in [2.45, 2.75) is 19.5 Å². The van der Waals surface area contributed by atoms with Gasteiger partial charge in [-0.3, -0.25) is 9.59 Å². The normalized spacial score (nSPS) is 11.0. The molecule has 11 heteroatoms. The summed E-state index contributed by atoms with van der Waals surface area (Å²) in [5.74, 6) is 0.176. The van der Waals surface area contributed by atoms with Crippen molar-refractivity contribution in [1.29, 1.82) is 0 Å². The number of nitrogens with zero attached hydrogens (tertiary/aromatic N) is 2. The van der Waals surface area contributed by atoms with Crippen LogP contribution in [0.25, 0.3) is 0 Å². The largest absolute Gasteiger partial charge is 0.439 e. The average molecular weight is 465 g/mol. The molecule has 0 saturated carbocycles. The van der Waals surface area contributed by atoms with Crippen molar-refractivity contribution in [2.24, 2.45) is 0 Å². The number of ether oxygens (including phenoxy) is 1. The molecule has 0 aliphatic rings. The molecule has 2 N–H and O–H groups in total. The number of carbonyl (C=O) groups excluding carboxylic acids is 2. The maximum Gasteiger partial charge on any atom is 0.416 e. The highest BCUT2D eigenvalue weighted by Gasteiger charge is 2.31. The number of alkyl halides is 3. The molecule has 0 aliphatic heterocycles. The molecule has 166 valence electrons. The van der Waals surface area contributed by atoms with E-state index in [1.54, 1.807) is 24.3 Å². The predicted molar refractivity (Wildman–Crippen MR) is 112 cm³/mol. The molecule has 3 aromatic rings. The monoisotopic (exact) mass is 464 g/mol. The van der Waals surface area contributed by atoms with E-state index in [9.17, 15) is 22.8 Å². The molecule has 32 heavy (non-hydrogen) atoms. The van der Waals surface area contributed by atoms with Gasteiger partial charge in [-0.15, -0.1) is 0 Å². The Balaban J connectivity index is 1.60. The molecule has 0 bridgehead atoms. The summed E-state index contributed by atoms with van der Waals surface area (Å²) in [6.45, 7) is 1.35. The molecular formula is C21H16ClF3N4O3. The van der Waals surface area contributed by atoms with Gasteiger partial charge in [-0.05, 0) is 42.0 Å². The van der Waals surface area contributed by atoms with Gasteiger partial charge in [0, 0.05) is 23.7 Å². The molecular weight excluding hydrogens is 449 g/mol. The Hall–Kier alpha value is -3.66. The third-order valence-electron chi connectivity index (χ3n) is 4.04. The zero-order chi connectivity index (χ0) is 23.3. The Morgan fingerprint density at radius 1 is 1.03 bits per heavy atom. The lowest BCUT2D eigenvalue weighted by molar-refractivity contribution is -0.137. The molecule has 2 aromatic carbocycles. The van der Waals surface area contributed by atoms with E-state index in [4.69, 9.17) is 16.3 Å². The number of halogens is 4. The molecule has 1 heterocycles. The van der Waals surface area contributed by atoms with Crippen LogP contribution in [0.4, 0.5) is 24.7 Å². The number of nitrogens with one attached hydrogen (secondary N) is 2. The van der Waals surface area contributed by atoms with Gasteiger partial charge in [-0.1, -0.05) is 17.7 Å². The molecule has 7 nitrogen and oxygen atoms in total. The standard InChI is InChI=1S/C21H16ClF3N4O3/c1-12(30)28-18-10-20(27-11-26-18)32-16-6-4-15(5-7-16)29-19(31)8-13-2-3-14(9-17(13)22)21(23,24)25/h2-7,9-11H,8H2,1H3,(H,29,31)(H,26,27,28,30). The average Bonchev–Trinajstić information content (AvgIpc) is 2.70. The maximum absolute atomic E-state index is 12.7. The van der Waals surface area contributed by atoms with Crippen LogP contribution >= 0.6 is 11.6 Å². The van der Waals surface area contributed by atoms with E-state index in [2.05, 4.69) is 20.6 Å². The fourth-order valence-corrected chi connectivity index (χ4v) is 2.86. The van der Waals surface area contributed by atoms with Gasteiger partial charge in [0.15, 0.2) is 0 Å². The predicted octanol–water partition coefficient (Wildman–Crippen LogP) is 5.08. The molecule has 0 radical (unpaired) electrons. The zero-order valence-electron chi connectivity index (χ0n) is 16.5. The van der Waals surface area contributed by atoms with Crippen LogP contribution in [0.2, 0.25) is 5.02 Å². The van der Waals surface area contributed by atoms with E-state index in [1.807, 2.05) is 0 Å². The van der Waals surface area contributed by atoms with Crippen molar-refractivity contribution in [3.63, 3.8) is 0 Å². The number of hydrogen-bond donors (Lipinski definition) is 2. The van der Waals surface area contributed by atoms with E-state index in [1.165, 1.54) is 25.4 Å². The van der Waals surface area contributed by atoms with Crippen molar-refractivity contribution >= 4 is 34.9 Å². The first-order valence-electron chi connectivity index (χ1n) is 9.13. The number of aromatic nitrogens is 2. The second kappa shape index (κ2) is 9.65. The van der Waals surface area contributed by atoms with Crippen molar-refractivity contribution in [3.8, 4) is 11.6 Å². The van der Waals surface area contributed by atoms with Crippen LogP contribution in [0, 0.1) is 0 Å². The van der Waals surface area contributed by atoms with Crippen LogP contribution in [0.15, 0.2) is 54.9 Å². The van der Waals surface area contributed by atoms with Crippen LogP contribution in [0.3, 0.4) is 0 Å². The van der Waals surface area contributed by atoms with Gasteiger partial charge in [-0.25, -0.2) is 9.97 Å². The lowest BCUT2D eigenvalue weighted by Crippen LogP contribution is -2.15. The zero-order valence-corrected chi connectivity index (χ0v) is 17.3. The van der Waals surface area contributed by atoms with Crippen molar-refractivity contribution in [1.82, 2.24) is 9.97 Å². The topological polar surface area (TPSA) is 93.2 Å². The first-order chi connectivity index (χ1) is 15.1. The van der Waals surface area contributed by atoms with Crippen LogP contribution in [0.5, 0.6) is 11.6 Å². The summed E-state index contributed by atoms with van der Waals surface area (Å²) in [6, 6.07) is 10.6. The lowest BCUT2D eigenvalue weighted by Gasteiger charge is -2.11. The highest BCUT2D eigenvalue weighted by molar-refractivity contribution is 6.31. The minimum absolute atomic E-state index is 0.137. The maximum atomic E-state index is 12.7. The van der Waals surface area contributed by atoms with Gasteiger partial charge in [0.2, 0.25) is 17.7 Å². The van der Waals surface area contributed by atoms with Gasteiger partial charge in [0.1, 0.15) is 17.9 Å². The van der Waals surface area contributed by atoms with Crippen LogP contribution in [-0.4, -0.2) is 21.8 Å². The molecule has 3 rings (SSSR count). The van der Waals surface area contributed by atoms with Crippen molar-refractivity contribution < 1.29 is 27.5 Å². The smallest absolute Gasteiger partial charge is 0.416 e. The van der Waals surface area contributed by atoms with Gasteiger partial charge >= 0.3 is 6.18 Å². The fraction of sp³-hybridized carbons (Fsp3) is 0.143. The van der Waals surface area contributed by atoms with Crippen LogP contribution in [-0.2, 0) is 22.2 Å². The van der Waals surface area contributed by atoms with Crippen molar-refractivity contribution in [3.05, 3.63) is 71.0 Å². The Bertz CT molecular complexity index is 1140. The summed E-state index contributed by atoms with van der Waals surface area (Å²) in [5.41, 5.74) is -0.155. The molecule has 0 aliphatic carbocycles. The summed E-state index contributed by atoms with van der Waals surface area (Å²) in [6.07, 6.45) is -3.46. The van der Waals surface area contributed by atoms with Gasteiger partial charge < -0.3 is 15.4 Å². The highest BCUT2D eigenvalue weighted by atomic mass is 35.5. The van der Waals surface area contributed by atoms with E-state index >= 15 is 0 Å². The number of benzene rings is 2. The summed E-state index contributed by atoms with van der Waals surface area (Å²) < 4.78 is 43.7. The third kappa shape index (κ3) is 6.42. The van der Waals surface area contributed by atoms with Crippen LogP contribution in [0.1, 0.15) is 18.1 Å². The van der Waals surface area contributed by atoms with E-state index < -0.39 is 17.6 Å². The molecule has 2 amide bonds. The van der Waals surface area contributed by atoms with E-state index in [0.717, 1.165) is 12.1 Å². The highest BCUT2D eigenvalue weighted by Crippen LogP contribution is 2.32.